The summed E-state index contributed by atoms with van der Waals surface area (Å²) in [6.45, 7) is 3.51. The summed E-state index contributed by atoms with van der Waals surface area (Å²) in [5, 5.41) is 14.6. The van der Waals surface area contributed by atoms with Crippen LogP contribution >= 0.6 is 22.7 Å². The zero-order valence-corrected chi connectivity index (χ0v) is 15.8. The SMILES string of the molecule is COc1ccc(C(=O)Nc2nc(C)c(C(=O)Nc3nnc(C)s3)s2)cc1. The lowest BCUT2D eigenvalue weighted by Crippen LogP contribution is -2.11. The Morgan fingerprint density at radius 3 is 2.27 bits per heavy atom. The fraction of sp³-hybridized carbons (Fsp3) is 0.188. The van der Waals surface area contributed by atoms with E-state index in [0.717, 1.165) is 16.3 Å². The van der Waals surface area contributed by atoms with E-state index in [1.807, 2.05) is 0 Å². The minimum Gasteiger partial charge on any atom is -0.497 e. The summed E-state index contributed by atoms with van der Waals surface area (Å²) >= 11 is 2.39. The molecule has 3 aromatic rings. The Bertz CT molecular complexity index is 949. The van der Waals surface area contributed by atoms with E-state index in [-0.39, 0.29) is 11.8 Å². The number of methoxy groups -OCH3 is 1. The van der Waals surface area contributed by atoms with Crippen molar-refractivity contribution in [3.63, 3.8) is 0 Å². The minimum atomic E-state index is -0.332. The van der Waals surface area contributed by atoms with E-state index in [0.29, 0.717) is 32.1 Å². The average Bonchev–Trinajstić information content (AvgIpc) is 3.20. The molecule has 0 aliphatic carbocycles. The lowest BCUT2D eigenvalue weighted by Gasteiger charge is -2.03. The summed E-state index contributed by atoms with van der Waals surface area (Å²) in [6.07, 6.45) is 0. The van der Waals surface area contributed by atoms with Crippen LogP contribution in [0.2, 0.25) is 0 Å². The number of aryl methyl sites for hydroxylation is 2. The number of nitrogens with zero attached hydrogens (tertiary/aromatic N) is 3. The molecule has 134 valence electrons. The van der Waals surface area contributed by atoms with Crippen molar-refractivity contribution in [1.82, 2.24) is 15.2 Å². The second kappa shape index (κ2) is 7.58. The van der Waals surface area contributed by atoms with Crippen LogP contribution in [0.3, 0.4) is 0 Å². The third kappa shape index (κ3) is 4.03. The first-order valence-electron chi connectivity index (χ1n) is 7.50. The Morgan fingerprint density at radius 2 is 1.65 bits per heavy atom. The molecule has 2 amide bonds. The number of benzene rings is 1. The first-order valence-corrected chi connectivity index (χ1v) is 9.14. The number of anilines is 2. The number of carbonyl (C=O) groups is 2. The quantitative estimate of drug-likeness (QED) is 0.694. The first-order chi connectivity index (χ1) is 12.5. The number of rotatable bonds is 5. The van der Waals surface area contributed by atoms with Gasteiger partial charge in [-0.2, -0.15) is 0 Å². The molecule has 26 heavy (non-hydrogen) atoms. The molecule has 0 bridgehead atoms. The molecular weight excluding hydrogens is 374 g/mol. The van der Waals surface area contributed by atoms with Gasteiger partial charge < -0.3 is 4.74 Å². The van der Waals surface area contributed by atoms with Crippen molar-refractivity contribution in [2.75, 3.05) is 17.7 Å². The van der Waals surface area contributed by atoms with Gasteiger partial charge in [-0.1, -0.05) is 22.7 Å². The highest BCUT2D eigenvalue weighted by Crippen LogP contribution is 2.25. The molecular formula is C16H15N5O3S2. The zero-order chi connectivity index (χ0) is 18.7. The predicted molar refractivity (Wildman–Crippen MR) is 100 cm³/mol. The molecule has 0 spiro atoms. The standard InChI is InChI=1S/C16H15N5O3S2/c1-8-12(14(23)19-16-21-20-9(2)25-16)26-15(17-8)18-13(22)10-4-6-11(24-3)7-5-10/h4-7H,1-3H3,(H,17,18,22)(H,19,21,23). The Morgan fingerprint density at radius 1 is 0.962 bits per heavy atom. The van der Waals surface area contributed by atoms with E-state index in [2.05, 4.69) is 25.8 Å². The molecule has 2 N–H and O–H groups in total. The van der Waals surface area contributed by atoms with Crippen molar-refractivity contribution < 1.29 is 14.3 Å². The summed E-state index contributed by atoms with van der Waals surface area (Å²) in [5.41, 5.74) is 0.993. The lowest BCUT2D eigenvalue weighted by atomic mass is 10.2. The molecule has 0 fully saturated rings. The fourth-order valence-corrected chi connectivity index (χ4v) is 3.52. The van der Waals surface area contributed by atoms with Gasteiger partial charge >= 0.3 is 0 Å². The minimum absolute atomic E-state index is 0.312. The van der Waals surface area contributed by atoms with Crippen LogP contribution in [0.5, 0.6) is 5.75 Å². The number of aromatic nitrogens is 3. The summed E-state index contributed by atoms with van der Waals surface area (Å²) < 4.78 is 5.07. The zero-order valence-electron chi connectivity index (χ0n) is 14.2. The van der Waals surface area contributed by atoms with Gasteiger partial charge in [0, 0.05) is 5.56 Å². The Labute approximate surface area is 157 Å². The molecule has 0 aliphatic heterocycles. The van der Waals surface area contributed by atoms with Crippen LogP contribution < -0.4 is 15.4 Å². The van der Waals surface area contributed by atoms with Gasteiger partial charge in [0.1, 0.15) is 15.6 Å². The predicted octanol–water partition coefficient (Wildman–Crippen LogP) is 3.12. The number of nitrogens with one attached hydrogen (secondary N) is 2. The Kier molecular flexibility index (Phi) is 5.24. The van der Waals surface area contributed by atoms with Gasteiger partial charge in [-0.25, -0.2) is 4.98 Å². The number of carbonyl (C=O) groups excluding carboxylic acids is 2. The molecule has 0 saturated carbocycles. The molecule has 10 heteroatoms. The maximum Gasteiger partial charge on any atom is 0.269 e. The number of hydrogen-bond donors (Lipinski definition) is 2. The third-order valence-corrected chi connectivity index (χ3v) is 5.15. The highest BCUT2D eigenvalue weighted by Gasteiger charge is 2.18. The van der Waals surface area contributed by atoms with Crippen molar-refractivity contribution in [1.29, 1.82) is 0 Å². The maximum absolute atomic E-state index is 12.4. The topological polar surface area (TPSA) is 106 Å². The van der Waals surface area contributed by atoms with Gasteiger partial charge in [0.05, 0.1) is 12.8 Å². The normalized spacial score (nSPS) is 10.4. The van der Waals surface area contributed by atoms with E-state index in [4.69, 9.17) is 4.74 Å². The third-order valence-electron chi connectivity index (χ3n) is 3.32. The molecule has 2 aromatic heterocycles. The monoisotopic (exact) mass is 389 g/mol. The van der Waals surface area contributed by atoms with E-state index in [1.54, 1.807) is 45.2 Å². The van der Waals surface area contributed by atoms with Crippen molar-refractivity contribution in [2.24, 2.45) is 0 Å². The van der Waals surface area contributed by atoms with E-state index < -0.39 is 0 Å². The second-order valence-electron chi connectivity index (χ2n) is 5.20. The fourth-order valence-electron chi connectivity index (χ4n) is 2.07. The maximum atomic E-state index is 12.4. The van der Waals surface area contributed by atoms with Gasteiger partial charge in [0.25, 0.3) is 11.8 Å². The Balaban J connectivity index is 1.70. The summed E-state index contributed by atoms with van der Waals surface area (Å²) in [5.74, 6) is 0.0201. The van der Waals surface area contributed by atoms with Gasteiger partial charge in [-0.15, -0.1) is 10.2 Å². The van der Waals surface area contributed by atoms with Crippen molar-refractivity contribution >= 4 is 44.8 Å². The number of hydrogen-bond acceptors (Lipinski definition) is 8. The molecule has 0 radical (unpaired) electrons. The second-order valence-corrected chi connectivity index (χ2v) is 7.38. The molecule has 2 heterocycles. The molecule has 0 aliphatic rings. The van der Waals surface area contributed by atoms with Crippen LogP contribution in [0.15, 0.2) is 24.3 Å². The number of thiazole rings is 1. The van der Waals surface area contributed by atoms with E-state index in [9.17, 15) is 9.59 Å². The number of amides is 2. The molecule has 8 nitrogen and oxygen atoms in total. The van der Waals surface area contributed by atoms with E-state index >= 15 is 0 Å². The summed E-state index contributed by atoms with van der Waals surface area (Å²) in [4.78, 5) is 29.3. The molecule has 1 aromatic carbocycles. The van der Waals surface area contributed by atoms with Crippen LogP contribution in [0.1, 0.15) is 30.7 Å². The van der Waals surface area contributed by atoms with Gasteiger partial charge in [0.2, 0.25) is 5.13 Å². The summed E-state index contributed by atoms with van der Waals surface area (Å²) in [6, 6.07) is 6.70. The highest BCUT2D eigenvalue weighted by molar-refractivity contribution is 7.18. The van der Waals surface area contributed by atoms with Crippen LogP contribution in [0, 0.1) is 13.8 Å². The van der Waals surface area contributed by atoms with Crippen LogP contribution in [0.4, 0.5) is 10.3 Å². The Hall–Kier alpha value is -2.85. The van der Waals surface area contributed by atoms with Gasteiger partial charge in [0.15, 0.2) is 5.13 Å². The van der Waals surface area contributed by atoms with E-state index in [1.165, 1.54) is 11.3 Å². The lowest BCUT2D eigenvalue weighted by molar-refractivity contribution is 0.102. The molecule has 3 rings (SSSR count). The molecule has 0 saturated heterocycles. The summed E-state index contributed by atoms with van der Waals surface area (Å²) in [7, 11) is 1.56. The van der Waals surface area contributed by atoms with Crippen LogP contribution in [0.25, 0.3) is 0 Å². The van der Waals surface area contributed by atoms with Crippen molar-refractivity contribution in [3.8, 4) is 5.75 Å². The average molecular weight is 389 g/mol. The first kappa shape index (κ1) is 18.0. The smallest absolute Gasteiger partial charge is 0.269 e. The number of ether oxygens (including phenoxy) is 1. The van der Waals surface area contributed by atoms with Crippen LogP contribution in [-0.2, 0) is 0 Å². The van der Waals surface area contributed by atoms with Gasteiger partial charge in [-0.3, -0.25) is 20.2 Å². The molecule has 0 atom stereocenters. The molecule has 0 unspecified atom stereocenters. The highest BCUT2D eigenvalue weighted by atomic mass is 32.1. The van der Waals surface area contributed by atoms with Crippen LogP contribution in [-0.4, -0.2) is 34.1 Å². The van der Waals surface area contributed by atoms with Crippen molar-refractivity contribution in [2.45, 2.75) is 13.8 Å². The van der Waals surface area contributed by atoms with Crippen molar-refractivity contribution in [3.05, 3.63) is 45.4 Å². The largest absolute Gasteiger partial charge is 0.497 e. The van der Waals surface area contributed by atoms with Gasteiger partial charge in [-0.05, 0) is 38.1 Å².